The van der Waals surface area contributed by atoms with Gasteiger partial charge in [-0.15, -0.1) is 0 Å². The van der Waals surface area contributed by atoms with Crippen LogP contribution >= 0.6 is 0 Å². The number of halogens is 7. The van der Waals surface area contributed by atoms with Crippen LogP contribution in [0.25, 0.3) is 0 Å². The van der Waals surface area contributed by atoms with E-state index in [1.807, 2.05) is 0 Å². The van der Waals surface area contributed by atoms with Crippen molar-refractivity contribution in [1.82, 2.24) is 0 Å². The number of aliphatic hydroxyl groups excluding tert-OH is 1. The van der Waals surface area contributed by atoms with Gasteiger partial charge in [0.25, 0.3) is 0 Å². The number of benzene rings is 1. The average molecular weight is 348 g/mol. The third-order valence-electron chi connectivity index (χ3n) is 2.79. The fourth-order valence-corrected chi connectivity index (χ4v) is 1.62. The SMILES string of the molecule is CC(=O)Oc1ccc(C(O)CC(F)(F)C(F)(F)C(F)(F)F)cc1. The van der Waals surface area contributed by atoms with E-state index in [1.165, 1.54) is 0 Å². The maximum absolute atomic E-state index is 13.2. The summed E-state index contributed by atoms with van der Waals surface area (Å²) in [5, 5.41) is 9.47. The topological polar surface area (TPSA) is 46.5 Å². The van der Waals surface area contributed by atoms with Crippen LogP contribution in [0, 0.1) is 0 Å². The van der Waals surface area contributed by atoms with Gasteiger partial charge in [-0.1, -0.05) is 12.1 Å². The third kappa shape index (κ3) is 4.34. The number of carbonyl (C=O) groups excluding carboxylic acids is 1. The highest BCUT2D eigenvalue weighted by molar-refractivity contribution is 5.69. The Kier molecular flexibility index (Phi) is 5.30. The summed E-state index contributed by atoms with van der Waals surface area (Å²) in [6.45, 7) is 1.09. The minimum atomic E-state index is -6.45. The molecule has 1 aromatic rings. The average Bonchev–Trinajstić information content (AvgIpc) is 2.36. The number of aliphatic hydroxyl groups is 1. The van der Waals surface area contributed by atoms with E-state index in [1.54, 1.807) is 0 Å². The molecule has 23 heavy (non-hydrogen) atoms. The lowest BCUT2D eigenvalue weighted by atomic mass is 9.98. The molecule has 1 atom stereocenters. The molecule has 0 aliphatic carbocycles. The maximum Gasteiger partial charge on any atom is 0.459 e. The first kappa shape index (κ1) is 19.2. The van der Waals surface area contributed by atoms with Gasteiger partial charge in [-0.25, -0.2) is 0 Å². The molecule has 1 aromatic carbocycles. The Morgan fingerprint density at radius 2 is 1.57 bits per heavy atom. The van der Waals surface area contributed by atoms with Gasteiger partial charge in [-0.05, 0) is 17.7 Å². The molecule has 130 valence electrons. The minimum absolute atomic E-state index is 0.0131. The molecule has 0 amide bonds. The normalized spacial score (nSPS) is 14.5. The van der Waals surface area contributed by atoms with Crippen molar-refractivity contribution in [2.45, 2.75) is 37.5 Å². The molecule has 1 rings (SSSR count). The molecule has 3 nitrogen and oxygen atoms in total. The molecule has 0 saturated heterocycles. The molecule has 10 heteroatoms. The Hall–Kier alpha value is -1.84. The minimum Gasteiger partial charge on any atom is -0.427 e. The zero-order valence-electron chi connectivity index (χ0n) is 11.5. The summed E-state index contributed by atoms with van der Waals surface area (Å²) in [5.41, 5.74) is -0.335. The van der Waals surface area contributed by atoms with Crippen LogP contribution in [0.15, 0.2) is 24.3 Å². The van der Waals surface area contributed by atoms with E-state index in [0.29, 0.717) is 0 Å². The summed E-state index contributed by atoms with van der Waals surface area (Å²) in [6, 6.07) is 4.06. The van der Waals surface area contributed by atoms with E-state index in [4.69, 9.17) is 0 Å². The van der Waals surface area contributed by atoms with Gasteiger partial charge < -0.3 is 9.84 Å². The largest absolute Gasteiger partial charge is 0.459 e. The maximum atomic E-state index is 13.2. The quantitative estimate of drug-likeness (QED) is 0.499. The van der Waals surface area contributed by atoms with Crippen LogP contribution in [-0.2, 0) is 4.79 Å². The van der Waals surface area contributed by atoms with Gasteiger partial charge in [-0.2, -0.15) is 30.7 Å². The summed E-state index contributed by atoms with van der Waals surface area (Å²) in [6.07, 6.45) is -10.9. The Balaban J connectivity index is 2.90. The van der Waals surface area contributed by atoms with Gasteiger partial charge in [0.15, 0.2) is 0 Å². The second-order valence-corrected chi connectivity index (χ2v) is 4.66. The molecular weight excluding hydrogens is 337 g/mol. The van der Waals surface area contributed by atoms with Crippen molar-refractivity contribution in [1.29, 1.82) is 0 Å². The van der Waals surface area contributed by atoms with E-state index in [0.717, 1.165) is 31.2 Å². The van der Waals surface area contributed by atoms with Crippen LogP contribution in [0.5, 0.6) is 5.75 Å². The highest BCUT2D eigenvalue weighted by atomic mass is 19.4. The number of ether oxygens (including phenoxy) is 1. The molecule has 0 bridgehead atoms. The third-order valence-corrected chi connectivity index (χ3v) is 2.79. The van der Waals surface area contributed by atoms with Gasteiger partial charge in [0, 0.05) is 13.3 Å². The number of alkyl halides is 7. The van der Waals surface area contributed by atoms with E-state index in [-0.39, 0.29) is 11.3 Å². The van der Waals surface area contributed by atoms with E-state index in [2.05, 4.69) is 4.74 Å². The molecule has 0 aliphatic rings. The molecule has 0 saturated carbocycles. The van der Waals surface area contributed by atoms with Crippen LogP contribution in [0.4, 0.5) is 30.7 Å². The van der Waals surface area contributed by atoms with Crippen LogP contribution in [-0.4, -0.2) is 29.1 Å². The first-order valence-corrected chi connectivity index (χ1v) is 6.07. The van der Waals surface area contributed by atoms with Crippen molar-refractivity contribution in [3.05, 3.63) is 29.8 Å². The first-order chi connectivity index (χ1) is 10.3. The predicted octanol–water partition coefficient (Wildman–Crippen LogP) is 3.87. The van der Waals surface area contributed by atoms with E-state index >= 15 is 0 Å². The lowest BCUT2D eigenvalue weighted by Crippen LogP contribution is -2.52. The summed E-state index contributed by atoms with van der Waals surface area (Å²) in [7, 11) is 0. The lowest BCUT2D eigenvalue weighted by molar-refractivity contribution is -0.358. The van der Waals surface area contributed by atoms with Crippen molar-refractivity contribution in [3.8, 4) is 5.75 Å². The molecule has 0 radical (unpaired) electrons. The summed E-state index contributed by atoms with van der Waals surface area (Å²) >= 11 is 0. The zero-order valence-corrected chi connectivity index (χ0v) is 11.5. The van der Waals surface area contributed by atoms with Crippen molar-refractivity contribution in [2.75, 3.05) is 0 Å². The molecule has 1 N–H and O–H groups in total. The van der Waals surface area contributed by atoms with Crippen LogP contribution in [0.2, 0.25) is 0 Å². The second-order valence-electron chi connectivity index (χ2n) is 4.66. The standard InChI is InChI=1S/C13H11F7O3/c1-7(21)23-9-4-2-8(3-5-9)10(22)6-11(14,15)12(16,17)13(18,19)20/h2-5,10,22H,6H2,1H3. The molecule has 0 heterocycles. The molecular formula is C13H11F7O3. The molecule has 0 aliphatic heterocycles. The monoisotopic (exact) mass is 348 g/mol. The fourth-order valence-electron chi connectivity index (χ4n) is 1.62. The fraction of sp³-hybridized carbons (Fsp3) is 0.462. The van der Waals surface area contributed by atoms with Gasteiger partial charge in [0.1, 0.15) is 5.75 Å². The summed E-state index contributed by atoms with van der Waals surface area (Å²) < 4.78 is 92.5. The number of hydrogen-bond donors (Lipinski definition) is 1. The number of rotatable bonds is 5. The highest BCUT2D eigenvalue weighted by Gasteiger charge is 2.72. The van der Waals surface area contributed by atoms with Crippen molar-refractivity contribution in [2.24, 2.45) is 0 Å². The Labute approximate surface area is 125 Å². The van der Waals surface area contributed by atoms with E-state index in [9.17, 15) is 40.6 Å². The predicted molar refractivity (Wildman–Crippen MR) is 63.3 cm³/mol. The Morgan fingerprint density at radius 3 is 1.96 bits per heavy atom. The number of carbonyl (C=O) groups is 1. The van der Waals surface area contributed by atoms with Crippen molar-refractivity contribution >= 4 is 5.97 Å². The van der Waals surface area contributed by atoms with Gasteiger partial charge in [-0.3, -0.25) is 4.79 Å². The molecule has 0 aromatic heterocycles. The molecule has 0 spiro atoms. The zero-order chi connectivity index (χ0) is 18.1. The van der Waals surface area contributed by atoms with Gasteiger partial charge in [0.2, 0.25) is 0 Å². The summed E-state index contributed by atoms with van der Waals surface area (Å²) in [5.74, 6) is -12.5. The van der Waals surface area contributed by atoms with Crippen LogP contribution < -0.4 is 4.74 Å². The Morgan fingerprint density at radius 1 is 1.09 bits per heavy atom. The molecule has 1 unspecified atom stereocenters. The number of hydrogen-bond acceptors (Lipinski definition) is 3. The van der Waals surface area contributed by atoms with Gasteiger partial charge >= 0.3 is 24.0 Å². The number of esters is 1. The van der Waals surface area contributed by atoms with E-state index < -0.39 is 36.5 Å². The van der Waals surface area contributed by atoms with Crippen LogP contribution in [0.1, 0.15) is 25.0 Å². The highest BCUT2D eigenvalue weighted by Crippen LogP contribution is 2.49. The van der Waals surface area contributed by atoms with Crippen LogP contribution in [0.3, 0.4) is 0 Å². The van der Waals surface area contributed by atoms with Crippen molar-refractivity contribution < 1.29 is 45.4 Å². The Bertz CT molecular complexity index is 552. The first-order valence-electron chi connectivity index (χ1n) is 6.07. The lowest BCUT2D eigenvalue weighted by Gasteiger charge is -2.29. The van der Waals surface area contributed by atoms with Crippen molar-refractivity contribution in [3.63, 3.8) is 0 Å². The van der Waals surface area contributed by atoms with Gasteiger partial charge in [0.05, 0.1) is 6.10 Å². The summed E-state index contributed by atoms with van der Waals surface area (Å²) in [4.78, 5) is 10.7. The molecule has 0 fully saturated rings. The smallest absolute Gasteiger partial charge is 0.427 e. The second kappa shape index (κ2) is 6.34.